The molecule has 1 atom stereocenters. The maximum atomic E-state index is 11.9. The van der Waals surface area contributed by atoms with E-state index in [-0.39, 0.29) is 11.6 Å². The van der Waals surface area contributed by atoms with Crippen molar-refractivity contribution in [3.8, 4) is 22.9 Å². The van der Waals surface area contributed by atoms with E-state index in [4.69, 9.17) is 14.7 Å². The first-order valence-corrected chi connectivity index (χ1v) is 11.9. The minimum absolute atomic E-state index is 0.0580. The number of aromatic nitrogens is 5. The van der Waals surface area contributed by atoms with Crippen molar-refractivity contribution < 1.29 is 4.74 Å². The SMILES string of the molecule is C[C@H]1COCCN1c1nc(-c2ccc(Nc3cccc(=O)n3C)cc2)nc2c1CCn1ccnc1-2. The van der Waals surface area contributed by atoms with Crippen LogP contribution in [0.15, 0.2) is 59.7 Å². The number of fused-ring (bicyclic) bond motifs is 3. The van der Waals surface area contributed by atoms with Gasteiger partial charge in [-0.05, 0) is 43.7 Å². The normalized spacial score (nSPS) is 17.1. The van der Waals surface area contributed by atoms with Gasteiger partial charge in [0.2, 0.25) is 0 Å². The largest absolute Gasteiger partial charge is 0.377 e. The monoisotopic (exact) mass is 469 g/mol. The van der Waals surface area contributed by atoms with Crippen LogP contribution in [0.25, 0.3) is 22.9 Å². The van der Waals surface area contributed by atoms with Crippen LogP contribution in [0.3, 0.4) is 0 Å². The summed E-state index contributed by atoms with van der Waals surface area (Å²) in [7, 11) is 1.75. The Hall–Kier alpha value is -3.98. The molecule has 0 unspecified atom stereocenters. The molecule has 1 aromatic carbocycles. The molecule has 0 spiro atoms. The Kier molecular flexibility index (Phi) is 5.33. The van der Waals surface area contributed by atoms with E-state index < -0.39 is 0 Å². The summed E-state index contributed by atoms with van der Waals surface area (Å²) in [4.78, 5) is 29.0. The van der Waals surface area contributed by atoms with Crippen LogP contribution in [0.1, 0.15) is 12.5 Å². The quantitative estimate of drug-likeness (QED) is 0.491. The molecular weight excluding hydrogens is 442 g/mol. The molecule has 4 aromatic rings. The van der Waals surface area contributed by atoms with E-state index in [1.54, 1.807) is 23.7 Å². The Bertz CT molecular complexity index is 1440. The molecule has 5 heterocycles. The van der Waals surface area contributed by atoms with Crippen LogP contribution in [-0.2, 0) is 24.8 Å². The van der Waals surface area contributed by atoms with Crippen LogP contribution in [0, 0.1) is 0 Å². The minimum atomic E-state index is -0.0580. The summed E-state index contributed by atoms with van der Waals surface area (Å²) >= 11 is 0. The molecule has 178 valence electrons. The van der Waals surface area contributed by atoms with Gasteiger partial charge in [-0.1, -0.05) is 6.07 Å². The average molecular weight is 470 g/mol. The highest BCUT2D eigenvalue weighted by Gasteiger charge is 2.29. The highest BCUT2D eigenvalue weighted by atomic mass is 16.5. The number of nitrogens with zero attached hydrogens (tertiary/aromatic N) is 6. The van der Waals surface area contributed by atoms with E-state index in [0.717, 1.165) is 59.5 Å². The highest BCUT2D eigenvalue weighted by Crippen LogP contribution is 2.36. The van der Waals surface area contributed by atoms with Crippen molar-refractivity contribution in [1.29, 1.82) is 0 Å². The van der Waals surface area contributed by atoms with Crippen molar-refractivity contribution in [3.63, 3.8) is 0 Å². The predicted octanol–water partition coefficient (Wildman–Crippen LogP) is 3.23. The molecule has 0 radical (unpaired) electrons. The molecule has 2 aliphatic rings. The predicted molar refractivity (Wildman–Crippen MR) is 135 cm³/mol. The van der Waals surface area contributed by atoms with Gasteiger partial charge in [0.25, 0.3) is 5.56 Å². The van der Waals surface area contributed by atoms with Crippen LogP contribution in [0.4, 0.5) is 17.3 Å². The topological polar surface area (TPSA) is 90.1 Å². The fourth-order valence-corrected chi connectivity index (χ4v) is 4.77. The summed E-state index contributed by atoms with van der Waals surface area (Å²) in [6.45, 7) is 5.23. The molecular formula is C26H27N7O2. The summed E-state index contributed by atoms with van der Waals surface area (Å²) in [6.07, 6.45) is 4.71. The van der Waals surface area contributed by atoms with Gasteiger partial charge in [0.1, 0.15) is 17.3 Å². The van der Waals surface area contributed by atoms with Gasteiger partial charge in [0.15, 0.2) is 11.6 Å². The lowest BCUT2D eigenvalue weighted by Gasteiger charge is -2.36. The van der Waals surface area contributed by atoms with Crippen molar-refractivity contribution in [2.45, 2.75) is 25.9 Å². The van der Waals surface area contributed by atoms with Crippen molar-refractivity contribution in [2.24, 2.45) is 7.05 Å². The summed E-state index contributed by atoms with van der Waals surface area (Å²) in [5.41, 5.74) is 3.81. The van der Waals surface area contributed by atoms with Crippen molar-refractivity contribution in [1.82, 2.24) is 24.1 Å². The molecule has 3 aromatic heterocycles. The molecule has 1 N–H and O–H groups in total. The molecule has 0 bridgehead atoms. The zero-order valence-electron chi connectivity index (χ0n) is 19.8. The summed E-state index contributed by atoms with van der Waals surface area (Å²) < 4.78 is 9.42. The number of aryl methyl sites for hydroxylation is 1. The molecule has 35 heavy (non-hydrogen) atoms. The second-order valence-electron chi connectivity index (χ2n) is 9.02. The van der Waals surface area contributed by atoms with Crippen LogP contribution < -0.4 is 15.8 Å². The Morgan fingerprint density at radius 1 is 1.09 bits per heavy atom. The number of pyridine rings is 1. The van der Waals surface area contributed by atoms with Gasteiger partial charge < -0.3 is 19.5 Å². The van der Waals surface area contributed by atoms with E-state index >= 15 is 0 Å². The zero-order valence-corrected chi connectivity index (χ0v) is 19.8. The summed E-state index contributed by atoms with van der Waals surface area (Å²) in [5.74, 6) is 3.27. The average Bonchev–Trinajstić information content (AvgIpc) is 3.37. The standard InChI is InChI=1S/C26H27N7O2/c1-17-16-35-15-14-33(17)25-20-10-12-32-13-11-27-26(32)23(20)29-24(30-25)18-6-8-19(9-7-18)28-21-4-3-5-22(34)31(21)2/h3-9,11,13,17,28H,10,12,14-16H2,1-2H3/t17-/m0/s1. The maximum absolute atomic E-state index is 11.9. The fourth-order valence-electron chi connectivity index (χ4n) is 4.77. The van der Waals surface area contributed by atoms with E-state index in [0.29, 0.717) is 19.0 Å². The van der Waals surface area contributed by atoms with Crippen LogP contribution in [-0.4, -0.2) is 49.9 Å². The second kappa shape index (κ2) is 8.66. The molecule has 9 heteroatoms. The number of morpholine rings is 1. The van der Waals surface area contributed by atoms with Gasteiger partial charge in [-0.3, -0.25) is 9.36 Å². The number of anilines is 3. The number of nitrogens with one attached hydrogen (secondary N) is 1. The lowest BCUT2D eigenvalue weighted by Crippen LogP contribution is -2.45. The van der Waals surface area contributed by atoms with Crippen LogP contribution in [0.2, 0.25) is 0 Å². The molecule has 1 saturated heterocycles. The summed E-state index contributed by atoms with van der Waals surface area (Å²) in [6, 6.07) is 13.4. The zero-order chi connectivity index (χ0) is 23.9. The molecule has 0 amide bonds. The third-order valence-corrected chi connectivity index (χ3v) is 6.76. The van der Waals surface area contributed by atoms with Gasteiger partial charge in [-0.25, -0.2) is 15.0 Å². The minimum Gasteiger partial charge on any atom is -0.377 e. The molecule has 6 rings (SSSR count). The van der Waals surface area contributed by atoms with E-state index in [1.807, 2.05) is 42.7 Å². The van der Waals surface area contributed by atoms with Gasteiger partial charge in [0, 0.05) is 55.4 Å². The third kappa shape index (κ3) is 3.87. The van der Waals surface area contributed by atoms with Crippen LogP contribution >= 0.6 is 0 Å². The van der Waals surface area contributed by atoms with E-state index in [9.17, 15) is 4.79 Å². The molecule has 2 aliphatic heterocycles. The number of benzene rings is 1. The lowest BCUT2D eigenvalue weighted by molar-refractivity contribution is 0.0984. The first kappa shape index (κ1) is 21.5. The number of imidazole rings is 1. The van der Waals surface area contributed by atoms with Gasteiger partial charge >= 0.3 is 0 Å². The highest BCUT2D eigenvalue weighted by molar-refractivity contribution is 5.72. The lowest BCUT2D eigenvalue weighted by atomic mass is 10.0. The van der Waals surface area contributed by atoms with Crippen molar-refractivity contribution >= 4 is 17.3 Å². The van der Waals surface area contributed by atoms with E-state index in [1.165, 1.54) is 0 Å². The Morgan fingerprint density at radius 2 is 1.94 bits per heavy atom. The Balaban J connectivity index is 1.40. The second-order valence-corrected chi connectivity index (χ2v) is 9.02. The maximum Gasteiger partial charge on any atom is 0.251 e. The fraction of sp³-hybridized carbons (Fsp3) is 0.308. The van der Waals surface area contributed by atoms with Gasteiger partial charge in [0.05, 0.1) is 19.3 Å². The number of hydrogen-bond acceptors (Lipinski definition) is 7. The number of hydrogen-bond donors (Lipinski definition) is 1. The van der Waals surface area contributed by atoms with Crippen molar-refractivity contribution in [2.75, 3.05) is 30.0 Å². The molecule has 0 saturated carbocycles. The smallest absolute Gasteiger partial charge is 0.251 e. The van der Waals surface area contributed by atoms with Gasteiger partial charge in [-0.15, -0.1) is 0 Å². The molecule has 0 aliphatic carbocycles. The first-order valence-electron chi connectivity index (χ1n) is 11.9. The molecule has 1 fully saturated rings. The number of rotatable bonds is 4. The van der Waals surface area contributed by atoms with E-state index in [2.05, 4.69) is 26.7 Å². The first-order chi connectivity index (χ1) is 17.1. The molecule has 9 nitrogen and oxygen atoms in total. The third-order valence-electron chi connectivity index (χ3n) is 6.76. The Morgan fingerprint density at radius 3 is 2.77 bits per heavy atom. The van der Waals surface area contributed by atoms with Crippen molar-refractivity contribution in [3.05, 3.63) is 70.8 Å². The Labute approximate surface area is 203 Å². The van der Waals surface area contributed by atoms with Gasteiger partial charge in [-0.2, -0.15) is 0 Å². The number of ether oxygens (including phenoxy) is 1. The van der Waals surface area contributed by atoms with Crippen LogP contribution in [0.5, 0.6) is 0 Å². The summed E-state index contributed by atoms with van der Waals surface area (Å²) in [5, 5.41) is 3.31.